The zero-order valence-corrected chi connectivity index (χ0v) is 20.2. The van der Waals surface area contributed by atoms with E-state index in [2.05, 4.69) is 10.3 Å². The first kappa shape index (κ1) is 22.5. The molecule has 3 fully saturated rings. The number of nitrogens with zero attached hydrogens (tertiary/aromatic N) is 2. The van der Waals surface area contributed by atoms with Gasteiger partial charge in [-0.3, -0.25) is 9.78 Å². The number of carbonyl (C=O) groups is 1. The zero-order chi connectivity index (χ0) is 23.8. The minimum Gasteiger partial charge on any atom is -0.494 e. The van der Waals surface area contributed by atoms with Crippen LogP contribution in [0, 0.1) is 11.8 Å². The molecule has 3 aromatic rings. The standard InChI is InChI=1S/C29H33N3O3/c1-2-34-22-9-7-20(8-10-22)32(29(33)25-11-13-30-27-6-4-3-5-24(25)27)21-15-19-18-31-28(26(19)16-21)17-23-12-14-35-23/h3-11,13,19,21,23,26,28,31H,2,12,14-18H2,1H3/t19-,21+,23-,26+,28+/m1/s1. The van der Waals surface area contributed by atoms with E-state index >= 15 is 0 Å². The summed E-state index contributed by atoms with van der Waals surface area (Å²) in [5, 5.41) is 4.65. The predicted molar refractivity (Wildman–Crippen MR) is 137 cm³/mol. The summed E-state index contributed by atoms with van der Waals surface area (Å²) in [7, 11) is 0. The van der Waals surface area contributed by atoms with E-state index in [4.69, 9.17) is 9.47 Å². The molecule has 3 heterocycles. The molecule has 5 atom stereocenters. The van der Waals surface area contributed by atoms with Crippen molar-refractivity contribution in [2.75, 3.05) is 24.7 Å². The monoisotopic (exact) mass is 471 g/mol. The number of para-hydroxylation sites is 1. The quantitative estimate of drug-likeness (QED) is 0.535. The fourth-order valence-electron chi connectivity index (χ4n) is 6.31. The number of hydrogen-bond donors (Lipinski definition) is 1. The van der Waals surface area contributed by atoms with Gasteiger partial charge in [-0.1, -0.05) is 18.2 Å². The van der Waals surface area contributed by atoms with Crippen LogP contribution in [0.3, 0.4) is 0 Å². The Balaban J connectivity index is 1.32. The van der Waals surface area contributed by atoms with E-state index in [1.54, 1.807) is 6.20 Å². The third kappa shape index (κ3) is 4.30. The molecule has 2 aliphatic heterocycles. The maximum atomic E-state index is 14.2. The summed E-state index contributed by atoms with van der Waals surface area (Å²) in [5.41, 5.74) is 2.48. The molecule has 1 saturated carbocycles. The van der Waals surface area contributed by atoms with E-state index < -0.39 is 0 Å². The van der Waals surface area contributed by atoms with Crippen molar-refractivity contribution in [1.29, 1.82) is 0 Å². The van der Waals surface area contributed by atoms with Crippen LogP contribution in [0.25, 0.3) is 10.9 Å². The molecule has 0 unspecified atom stereocenters. The number of nitrogens with one attached hydrogen (secondary N) is 1. The smallest absolute Gasteiger partial charge is 0.259 e. The number of fused-ring (bicyclic) bond motifs is 2. The normalized spacial score (nSPS) is 27.4. The summed E-state index contributed by atoms with van der Waals surface area (Å²) in [6, 6.07) is 18.4. The Morgan fingerprint density at radius 1 is 1.14 bits per heavy atom. The summed E-state index contributed by atoms with van der Waals surface area (Å²) in [6.45, 7) is 4.53. The molecule has 0 bridgehead atoms. The van der Waals surface area contributed by atoms with Crippen molar-refractivity contribution in [1.82, 2.24) is 10.3 Å². The lowest BCUT2D eigenvalue weighted by Crippen LogP contribution is -2.42. The van der Waals surface area contributed by atoms with Gasteiger partial charge in [0, 0.05) is 36.0 Å². The lowest BCUT2D eigenvalue weighted by Gasteiger charge is -2.33. The van der Waals surface area contributed by atoms with Gasteiger partial charge in [0.25, 0.3) is 5.91 Å². The third-order valence-electron chi connectivity index (χ3n) is 8.08. The summed E-state index contributed by atoms with van der Waals surface area (Å²) in [6.07, 6.45) is 6.43. The van der Waals surface area contributed by atoms with Gasteiger partial charge in [-0.15, -0.1) is 0 Å². The molecule has 1 N–H and O–H groups in total. The number of pyridine rings is 1. The van der Waals surface area contributed by atoms with Crippen LogP contribution >= 0.6 is 0 Å². The number of anilines is 1. The predicted octanol–water partition coefficient (Wildman–Crippen LogP) is 4.83. The summed E-state index contributed by atoms with van der Waals surface area (Å²) >= 11 is 0. The number of ether oxygens (including phenoxy) is 2. The highest BCUT2D eigenvalue weighted by Crippen LogP contribution is 2.44. The molecule has 3 aliphatic rings. The van der Waals surface area contributed by atoms with Crippen LogP contribution in [0.4, 0.5) is 5.69 Å². The molecule has 6 heteroatoms. The van der Waals surface area contributed by atoms with Crippen LogP contribution in [0.1, 0.15) is 43.0 Å². The van der Waals surface area contributed by atoms with Crippen molar-refractivity contribution in [2.24, 2.45) is 11.8 Å². The van der Waals surface area contributed by atoms with Crippen molar-refractivity contribution in [3.05, 3.63) is 66.4 Å². The molecule has 35 heavy (non-hydrogen) atoms. The van der Waals surface area contributed by atoms with Crippen molar-refractivity contribution >= 4 is 22.5 Å². The number of amides is 1. The fourth-order valence-corrected chi connectivity index (χ4v) is 6.31. The van der Waals surface area contributed by atoms with Crippen LogP contribution < -0.4 is 15.0 Å². The highest BCUT2D eigenvalue weighted by molar-refractivity contribution is 6.13. The van der Waals surface area contributed by atoms with Gasteiger partial charge >= 0.3 is 0 Å². The SMILES string of the molecule is CCOc1ccc(N(C(=O)c2ccnc3ccccc23)[C@H]2C[C@@H]3CN[C@@H](C[C@H]4CCO4)[C@H]3C2)cc1. The molecule has 0 radical (unpaired) electrons. The van der Waals surface area contributed by atoms with Crippen LogP contribution in [-0.2, 0) is 4.74 Å². The Morgan fingerprint density at radius 2 is 1.97 bits per heavy atom. The second-order valence-electron chi connectivity index (χ2n) is 10.1. The van der Waals surface area contributed by atoms with E-state index in [0.717, 1.165) is 54.8 Å². The highest BCUT2D eigenvalue weighted by atomic mass is 16.5. The van der Waals surface area contributed by atoms with Gasteiger partial charge in [-0.25, -0.2) is 0 Å². The fraction of sp³-hybridized carbons (Fsp3) is 0.448. The third-order valence-corrected chi connectivity index (χ3v) is 8.08. The van der Waals surface area contributed by atoms with Crippen molar-refractivity contribution in [2.45, 2.75) is 50.8 Å². The van der Waals surface area contributed by atoms with Gasteiger partial charge in [0.1, 0.15) is 5.75 Å². The van der Waals surface area contributed by atoms with Gasteiger partial charge in [0.15, 0.2) is 0 Å². The Morgan fingerprint density at radius 3 is 2.74 bits per heavy atom. The molecular formula is C29H33N3O3. The van der Waals surface area contributed by atoms with Gasteiger partial charge in [0.05, 0.1) is 23.8 Å². The molecule has 1 aliphatic carbocycles. The number of rotatable bonds is 7. The zero-order valence-electron chi connectivity index (χ0n) is 20.2. The largest absolute Gasteiger partial charge is 0.494 e. The maximum absolute atomic E-state index is 14.2. The van der Waals surface area contributed by atoms with Crippen molar-refractivity contribution in [3.8, 4) is 5.75 Å². The number of benzene rings is 2. The highest BCUT2D eigenvalue weighted by Gasteiger charge is 2.47. The van der Waals surface area contributed by atoms with Crippen LogP contribution in [-0.4, -0.2) is 48.8 Å². The van der Waals surface area contributed by atoms with Gasteiger partial charge in [0.2, 0.25) is 0 Å². The second kappa shape index (κ2) is 9.59. The summed E-state index contributed by atoms with van der Waals surface area (Å²) < 4.78 is 11.4. The van der Waals surface area contributed by atoms with Gasteiger partial charge < -0.3 is 19.7 Å². The average molecular weight is 472 g/mol. The van der Waals surface area contributed by atoms with Crippen LogP contribution in [0.5, 0.6) is 5.75 Å². The molecule has 1 amide bonds. The molecule has 2 saturated heterocycles. The van der Waals surface area contributed by atoms with Crippen LogP contribution in [0.2, 0.25) is 0 Å². The number of hydrogen-bond acceptors (Lipinski definition) is 5. The van der Waals surface area contributed by atoms with E-state index in [1.807, 2.05) is 66.4 Å². The first-order chi connectivity index (χ1) is 17.2. The topological polar surface area (TPSA) is 63.7 Å². The van der Waals surface area contributed by atoms with E-state index in [9.17, 15) is 4.79 Å². The molecule has 6 rings (SSSR count). The first-order valence-corrected chi connectivity index (χ1v) is 13.0. The second-order valence-corrected chi connectivity index (χ2v) is 10.1. The van der Waals surface area contributed by atoms with E-state index in [1.165, 1.54) is 6.42 Å². The first-order valence-electron chi connectivity index (χ1n) is 13.0. The Bertz CT molecular complexity index is 1190. The van der Waals surface area contributed by atoms with Crippen molar-refractivity contribution in [3.63, 3.8) is 0 Å². The number of carbonyl (C=O) groups excluding carboxylic acids is 1. The minimum atomic E-state index is 0.0459. The van der Waals surface area contributed by atoms with E-state index in [0.29, 0.717) is 36.2 Å². The van der Waals surface area contributed by atoms with E-state index in [-0.39, 0.29) is 11.9 Å². The molecule has 182 valence electrons. The molecule has 6 nitrogen and oxygen atoms in total. The lowest BCUT2D eigenvalue weighted by molar-refractivity contribution is -0.0607. The van der Waals surface area contributed by atoms with Crippen LogP contribution in [0.15, 0.2) is 60.8 Å². The lowest BCUT2D eigenvalue weighted by atomic mass is 9.89. The van der Waals surface area contributed by atoms with Crippen molar-refractivity contribution < 1.29 is 14.3 Å². The average Bonchev–Trinajstić information content (AvgIpc) is 3.43. The van der Waals surface area contributed by atoms with Gasteiger partial charge in [-0.2, -0.15) is 0 Å². The Hall–Kier alpha value is -2.96. The molecular weight excluding hydrogens is 438 g/mol. The summed E-state index contributed by atoms with van der Waals surface area (Å²) in [4.78, 5) is 20.7. The van der Waals surface area contributed by atoms with Gasteiger partial charge in [-0.05, 0) is 87.4 Å². The maximum Gasteiger partial charge on any atom is 0.259 e. The Kier molecular flexibility index (Phi) is 6.17. The molecule has 1 aromatic heterocycles. The Labute approximate surface area is 206 Å². The summed E-state index contributed by atoms with van der Waals surface area (Å²) in [5.74, 6) is 2.05. The molecule has 2 aromatic carbocycles. The molecule has 0 spiro atoms. The minimum absolute atomic E-state index is 0.0459. The number of aromatic nitrogens is 1.